The lowest BCUT2D eigenvalue weighted by Gasteiger charge is -2.12. The van der Waals surface area contributed by atoms with Gasteiger partial charge >= 0.3 is 5.97 Å². The number of nitrogens with zero attached hydrogens (tertiary/aromatic N) is 1. The predicted molar refractivity (Wildman–Crippen MR) is 104 cm³/mol. The third-order valence-electron chi connectivity index (χ3n) is 5.23. The van der Waals surface area contributed by atoms with Gasteiger partial charge in [0.1, 0.15) is 0 Å². The van der Waals surface area contributed by atoms with Crippen LogP contribution in [0.25, 0.3) is 11.1 Å². The normalized spacial score (nSPS) is 14.5. The van der Waals surface area contributed by atoms with E-state index in [9.17, 15) is 19.7 Å². The van der Waals surface area contributed by atoms with E-state index in [0.29, 0.717) is 12.8 Å². The molecule has 0 atom stereocenters. The molecule has 0 unspecified atom stereocenters. The quantitative estimate of drug-likeness (QED) is 0.499. The highest BCUT2D eigenvalue weighted by molar-refractivity contribution is 6.12. The first kappa shape index (κ1) is 17.9. The number of nitrogens with one attached hydrogen (secondary N) is 1. The lowest BCUT2D eigenvalue weighted by molar-refractivity contribution is -0.384. The maximum Gasteiger partial charge on any atom is 0.305 e. The molecule has 0 fully saturated rings. The van der Waals surface area contributed by atoms with Crippen LogP contribution in [0.15, 0.2) is 36.4 Å². The summed E-state index contributed by atoms with van der Waals surface area (Å²) >= 11 is 0. The lowest BCUT2D eigenvalue weighted by atomic mass is 9.95. The molecule has 0 spiro atoms. The Morgan fingerprint density at radius 2 is 1.93 bits per heavy atom. The van der Waals surface area contributed by atoms with Crippen LogP contribution in [0.1, 0.15) is 35.1 Å². The van der Waals surface area contributed by atoms with Gasteiger partial charge in [-0.3, -0.25) is 19.7 Å². The molecular formula is C21H18N2O5. The Hall–Kier alpha value is -3.48. The Bertz CT molecular complexity index is 1050. The Labute approximate surface area is 161 Å². The van der Waals surface area contributed by atoms with Gasteiger partial charge in [-0.2, -0.15) is 0 Å². The maximum atomic E-state index is 12.4. The summed E-state index contributed by atoms with van der Waals surface area (Å²) < 4.78 is 4.70. The van der Waals surface area contributed by atoms with Gasteiger partial charge in [-0.25, -0.2) is 0 Å². The molecule has 1 N–H and O–H groups in total. The fourth-order valence-electron chi connectivity index (χ4n) is 3.84. The minimum atomic E-state index is -0.422. The molecule has 2 aromatic rings. The third-order valence-corrected chi connectivity index (χ3v) is 5.23. The molecule has 0 saturated heterocycles. The monoisotopic (exact) mass is 378 g/mol. The number of nitro benzene ring substituents is 1. The van der Waals surface area contributed by atoms with Gasteiger partial charge in [0.15, 0.2) is 0 Å². The fourth-order valence-corrected chi connectivity index (χ4v) is 3.84. The van der Waals surface area contributed by atoms with E-state index in [1.54, 1.807) is 12.1 Å². The third kappa shape index (κ3) is 3.15. The molecule has 0 saturated carbocycles. The van der Waals surface area contributed by atoms with E-state index in [-0.39, 0.29) is 30.4 Å². The van der Waals surface area contributed by atoms with E-state index in [1.165, 1.54) is 13.2 Å². The summed E-state index contributed by atoms with van der Waals surface area (Å²) in [6.45, 7) is 0. The number of aryl methyl sites for hydroxylation is 1. The minimum Gasteiger partial charge on any atom is -0.469 e. The van der Waals surface area contributed by atoms with Gasteiger partial charge in [0, 0.05) is 29.8 Å². The van der Waals surface area contributed by atoms with Crippen LogP contribution in [-0.4, -0.2) is 23.9 Å². The number of hydrogen-bond acceptors (Lipinski definition) is 5. The van der Waals surface area contributed by atoms with Crippen molar-refractivity contribution in [2.45, 2.75) is 25.7 Å². The number of benzene rings is 2. The standard InChI is InChI=1S/C21H18N2O5/c1-28-21(25)7-3-12-2-6-19-18(8-12)16-9-13-4-5-14(23(26)27)10-15(13)17(16)11-20(24)22-19/h2,4-6,8,10H,3,7,9,11H2,1H3,(H,22,24). The molecule has 0 radical (unpaired) electrons. The number of allylic oxidation sites excluding steroid dienone is 1. The number of non-ortho nitro benzene ring substituents is 1. The van der Waals surface area contributed by atoms with E-state index in [4.69, 9.17) is 4.74 Å². The van der Waals surface area contributed by atoms with Crippen LogP contribution >= 0.6 is 0 Å². The highest BCUT2D eigenvalue weighted by atomic mass is 16.6. The maximum absolute atomic E-state index is 12.4. The first-order valence-electron chi connectivity index (χ1n) is 8.96. The van der Waals surface area contributed by atoms with E-state index >= 15 is 0 Å². The van der Waals surface area contributed by atoms with Gasteiger partial charge < -0.3 is 10.1 Å². The van der Waals surface area contributed by atoms with E-state index in [0.717, 1.165) is 39.1 Å². The summed E-state index contributed by atoms with van der Waals surface area (Å²) in [5.41, 5.74) is 6.20. The zero-order valence-electron chi connectivity index (χ0n) is 15.3. The number of nitro groups is 1. The molecule has 1 aliphatic carbocycles. The van der Waals surface area contributed by atoms with E-state index in [2.05, 4.69) is 5.32 Å². The largest absolute Gasteiger partial charge is 0.469 e. The molecule has 142 valence electrons. The topological polar surface area (TPSA) is 98.5 Å². The molecule has 2 aliphatic rings. The number of methoxy groups -OCH3 is 1. The Morgan fingerprint density at radius 1 is 1.14 bits per heavy atom. The van der Waals surface area contributed by atoms with Crippen molar-refractivity contribution in [3.63, 3.8) is 0 Å². The zero-order chi connectivity index (χ0) is 19.8. The number of carbonyl (C=O) groups is 2. The summed E-state index contributed by atoms with van der Waals surface area (Å²) in [4.78, 5) is 34.6. The van der Waals surface area contributed by atoms with Crippen LogP contribution in [0.3, 0.4) is 0 Å². The summed E-state index contributed by atoms with van der Waals surface area (Å²) in [5.74, 6) is -0.420. The Morgan fingerprint density at radius 3 is 2.68 bits per heavy atom. The summed E-state index contributed by atoms with van der Waals surface area (Å²) in [7, 11) is 1.36. The summed E-state index contributed by atoms with van der Waals surface area (Å²) in [6, 6.07) is 10.5. The molecule has 2 aromatic carbocycles. The number of carbonyl (C=O) groups excluding carboxylic acids is 2. The van der Waals surface area contributed by atoms with Crippen LogP contribution in [0.5, 0.6) is 0 Å². The zero-order valence-corrected chi connectivity index (χ0v) is 15.3. The van der Waals surface area contributed by atoms with Crippen molar-refractivity contribution < 1.29 is 19.2 Å². The smallest absolute Gasteiger partial charge is 0.305 e. The molecule has 7 nitrogen and oxygen atoms in total. The van der Waals surface area contributed by atoms with Crippen molar-refractivity contribution in [1.29, 1.82) is 0 Å². The van der Waals surface area contributed by atoms with Crippen molar-refractivity contribution >= 4 is 34.4 Å². The molecule has 0 bridgehead atoms. The number of esters is 1. The van der Waals surface area contributed by atoms with Crippen LogP contribution < -0.4 is 5.32 Å². The molecule has 0 aromatic heterocycles. The Kier molecular flexibility index (Phi) is 4.43. The van der Waals surface area contributed by atoms with Crippen molar-refractivity contribution in [3.8, 4) is 0 Å². The van der Waals surface area contributed by atoms with Gasteiger partial charge in [0.25, 0.3) is 5.69 Å². The molecule has 1 amide bonds. The SMILES string of the molecule is COC(=O)CCc1ccc2c(c1)C1=C(CC(=O)N2)c2cc([N+](=O)[O-])ccc2C1. The van der Waals surface area contributed by atoms with E-state index in [1.807, 2.05) is 18.2 Å². The average Bonchev–Trinajstić information content (AvgIpc) is 2.97. The van der Waals surface area contributed by atoms with E-state index < -0.39 is 4.92 Å². The number of fused-ring (bicyclic) bond motifs is 4. The molecular weight excluding hydrogens is 360 g/mol. The minimum absolute atomic E-state index is 0.0178. The van der Waals surface area contributed by atoms with Gasteiger partial charge in [0.2, 0.25) is 5.91 Å². The van der Waals surface area contributed by atoms with Crippen molar-refractivity contribution in [1.82, 2.24) is 0 Å². The second-order valence-corrected chi connectivity index (χ2v) is 6.91. The van der Waals surface area contributed by atoms with Crippen molar-refractivity contribution in [2.24, 2.45) is 0 Å². The van der Waals surface area contributed by atoms with Gasteiger partial charge in [-0.1, -0.05) is 12.1 Å². The van der Waals surface area contributed by atoms with Gasteiger partial charge in [0.05, 0.1) is 18.5 Å². The van der Waals surface area contributed by atoms with Gasteiger partial charge in [-0.15, -0.1) is 0 Å². The summed E-state index contributed by atoms with van der Waals surface area (Å²) in [6.07, 6.45) is 1.61. The molecule has 7 heteroatoms. The van der Waals surface area contributed by atoms with Crippen LogP contribution in [0, 0.1) is 10.1 Å². The second kappa shape index (κ2) is 6.92. The average molecular weight is 378 g/mol. The fraction of sp³-hybridized carbons (Fsp3) is 0.238. The number of rotatable bonds is 4. The molecule has 4 rings (SSSR count). The highest BCUT2D eigenvalue weighted by Crippen LogP contribution is 2.45. The molecule has 1 aliphatic heterocycles. The molecule has 28 heavy (non-hydrogen) atoms. The number of hydrogen-bond donors (Lipinski definition) is 1. The van der Waals surface area contributed by atoms with Crippen LogP contribution in [0.4, 0.5) is 11.4 Å². The number of ether oxygens (including phenoxy) is 1. The second-order valence-electron chi connectivity index (χ2n) is 6.91. The van der Waals surface area contributed by atoms with Crippen molar-refractivity contribution in [3.05, 3.63) is 68.8 Å². The van der Waals surface area contributed by atoms with Crippen LogP contribution in [-0.2, 0) is 27.2 Å². The molecule has 1 heterocycles. The lowest BCUT2D eigenvalue weighted by Crippen LogP contribution is -2.11. The summed E-state index contributed by atoms with van der Waals surface area (Å²) in [5, 5.41) is 14.1. The van der Waals surface area contributed by atoms with Crippen LogP contribution in [0.2, 0.25) is 0 Å². The number of anilines is 1. The van der Waals surface area contributed by atoms with Crippen molar-refractivity contribution in [2.75, 3.05) is 12.4 Å². The first-order chi connectivity index (χ1) is 13.5. The first-order valence-corrected chi connectivity index (χ1v) is 8.96. The highest BCUT2D eigenvalue weighted by Gasteiger charge is 2.30. The predicted octanol–water partition coefficient (Wildman–Crippen LogP) is 3.51. The van der Waals surface area contributed by atoms with Gasteiger partial charge in [-0.05, 0) is 52.8 Å². The Balaban J connectivity index is 1.77. The number of amides is 1.